The fraction of sp³-hybridized carbons (Fsp3) is 0.452. The number of carbonyl (C=O) groups is 1. The molecule has 0 radical (unpaired) electrons. The topological polar surface area (TPSA) is 62.2 Å². The van der Waals surface area contributed by atoms with Crippen molar-refractivity contribution >= 4 is 6.29 Å². The Morgan fingerprint density at radius 1 is 0.838 bits per heavy atom. The summed E-state index contributed by atoms with van der Waals surface area (Å²) in [6, 6.07) is 16.2. The van der Waals surface area contributed by atoms with E-state index in [1.807, 2.05) is 24.3 Å². The number of morpholine rings is 2. The Hall–Kier alpha value is -2.97. The number of ether oxygens (including phenoxy) is 2. The van der Waals surface area contributed by atoms with Gasteiger partial charge in [0.2, 0.25) is 0 Å². The third-order valence-corrected chi connectivity index (χ3v) is 5.51. The van der Waals surface area contributed by atoms with Gasteiger partial charge >= 0.3 is 0 Å². The summed E-state index contributed by atoms with van der Waals surface area (Å²) >= 11 is 0. The van der Waals surface area contributed by atoms with Crippen molar-refractivity contribution in [3.63, 3.8) is 0 Å². The van der Waals surface area contributed by atoms with E-state index >= 15 is 0 Å². The van der Waals surface area contributed by atoms with Crippen LogP contribution >= 0.6 is 0 Å². The second-order valence-electron chi connectivity index (χ2n) is 8.02. The van der Waals surface area contributed by atoms with Crippen molar-refractivity contribution in [1.82, 2.24) is 9.80 Å². The molecule has 2 heterocycles. The highest BCUT2D eigenvalue weighted by Crippen LogP contribution is 2.09. The van der Waals surface area contributed by atoms with Gasteiger partial charge in [-0.05, 0) is 41.3 Å². The summed E-state index contributed by atoms with van der Waals surface area (Å²) in [5, 5.41) is 8.61. The predicted molar refractivity (Wildman–Crippen MR) is 150 cm³/mol. The Morgan fingerprint density at radius 3 is 1.62 bits per heavy atom. The van der Waals surface area contributed by atoms with Crippen LogP contribution in [-0.4, -0.2) is 80.4 Å². The zero-order chi connectivity index (χ0) is 26.6. The molecule has 2 aliphatic heterocycles. The number of benzene rings is 2. The molecule has 0 aliphatic carbocycles. The normalized spacial score (nSPS) is 15.4. The summed E-state index contributed by atoms with van der Waals surface area (Å²) in [4.78, 5) is 14.9. The Kier molecular flexibility index (Phi) is 16.5. The molecule has 0 amide bonds. The lowest BCUT2D eigenvalue weighted by Gasteiger charge is -2.26. The predicted octanol–water partition coefficient (Wildman–Crippen LogP) is 3.59. The molecular weight excluding hydrogens is 464 g/mol. The standard InChI is InChI=1S/C14H17NO2.C14H15NO2.C2H6.CH4/c2*16-9-1-2-13-3-5-14(6-4-13)12-15-7-10-17-11-8-15;1-2;/h3-6,16H,7-12H2;3-6,9H,7-8,10-12H2;1-2H3;1H4/i;;1D;. The van der Waals surface area contributed by atoms with E-state index in [0.29, 0.717) is 13.2 Å². The lowest BCUT2D eigenvalue weighted by Crippen LogP contribution is -2.35. The monoisotopic (exact) mass is 507 g/mol. The van der Waals surface area contributed by atoms with Crippen LogP contribution in [0.2, 0.25) is 0 Å². The molecule has 37 heavy (non-hydrogen) atoms. The van der Waals surface area contributed by atoms with Crippen LogP contribution in [0, 0.1) is 23.7 Å². The van der Waals surface area contributed by atoms with E-state index in [9.17, 15) is 4.79 Å². The lowest BCUT2D eigenvalue weighted by molar-refractivity contribution is -0.103. The van der Waals surface area contributed by atoms with Crippen LogP contribution in [0.5, 0.6) is 0 Å². The van der Waals surface area contributed by atoms with Gasteiger partial charge < -0.3 is 14.6 Å². The van der Waals surface area contributed by atoms with Crippen LogP contribution in [0.3, 0.4) is 0 Å². The fourth-order valence-corrected chi connectivity index (χ4v) is 3.68. The highest BCUT2D eigenvalue weighted by molar-refractivity contribution is 5.73. The molecule has 4 rings (SSSR count). The number of carbonyl (C=O) groups excluding carboxylic acids is 1. The molecule has 0 saturated carbocycles. The molecule has 6 heteroatoms. The first-order valence-corrected chi connectivity index (χ1v) is 12.3. The van der Waals surface area contributed by atoms with Crippen molar-refractivity contribution in [2.75, 3.05) is 59.2 Å². The molecule has 0 unspecified atom stereocenters. The molecule has 2 aromatic rings. The van der Waals surface area contributed by atoms with E-state index < -0.39 is 0 Å². The number of aliphatic hydroxyl groups excluding tert-OH is 1. The minimum atomic E-state index is -0.0878. The SMILES string of the molecule is C.O=CC#Cc1ccc(CN2CCOCC2)cc1.OCC#Cc1ccc(CN2CCOCC2)cc1.[2H]CC. The minimum absolute atomic E-state index is 0. The molecule has 2 aliphatic rings. The first kappa shape index (κ1) is 30.3. The molecule has 0 atom stereocenters. The smallest absolute Gasteiger partial charge is 0.193 e. The maximum atomic E-state index is 10.1. The first-order valence-electron chi connectivity index (χ1n) is 13.0. The maximum Gasteiger partial charge on any atom is 0.193 e. The van der Waals surface area contributed by atoms with Crippen LogP contribution in [0.1, 0.15) is 44.9 Å². The van der Waals surface area contributed by atoms with Gasteiger partial charge in [-0.25, -0.2) is 0 Å². The summed E-state index contributed by atoms with van der Waals surface area (Å²) in [5.41, 5.74) is 4.39. The summed E-state index contributed by atoms with van der Waals surface area (Å²) in [6.07, 6.45) is 0.613. The van der Waals surface area contributed by atoms with Crippen LogP contribution in [-0.2, 0) is 27.4 Å². The van der Waals surface area contributed by atoms with Gasteiger partial charge in [-0.3, -0.25) is 14.6 Å². The number of aliphatic hydroxyl groups is 1. The van der Waals surface area contributed by atoms with Crippen molar-refractivity contribution in [2.24, 2.45) is 0 Å². The Bertz CT molecular complexity index is 1010. The molecule has 0 bridgehead atoms. The average Bonchev–Trinajstić information content (AvgIpc) is 2.94. The second-order valence-corrected chi connectivity index (χ2v) is 8.02. The van der Waals surface area contributed by atoms with Crippen LogP contribution in [0.4, 0.5) is 0 Å². The van der Waals surface area contributed by atoms with Gasteiger partial charge in [0.05, 0.1) is 26.4 Å². The minimum Gasteiger partial charge on any atom is -0.384 e. The molecule has 200 valence electrons. The molecule has 0 spiro atoms. The molecule has 2 fully saturated rings. The average molecular weight is 508 g/mol. The van der Waals surface area contributed by atoms with Crippen LogP contribution in [0.15, 0.2) is 48.5 Å². The number of hydrogen-bond acceptors (Lipinski definition) is 6. The fourth-order valence-electron chi connectivity index (χ4n) is 3.68. The maximum absolute atomic E-state index is 10.1. The summed E-state index contributed by atoms with van der Waals surface area (Å²) in [5.74, 6) is 10.7. The van der Waals surface area contributed by atoms with E-state index in [1.54, 1.807) is 6.92 Å². The summed E-state index contributed by atoms with van der Waals surface area (Å²) in [7, 11) is 0. The van der Waals surface area contributed by atoms with Gasteiger partial charge in [0.25, 0.3) is 0 Å². The van der Waals surface area contributed by atoms with Crippen molar-refractivity contribution in [3.8, 4) is 23.7 Å². The van der Waals surface area contributed by atoms with Crippen molar-refractivity contribution < 1.29 is 20.7 Å². The van der Waals surface area contributed by atoms with Gasteiger partial charge in [0.1, 0.15) is 6.61 Å². The van der Waals surface area contributed by atoms with E-state index in [1.165, 1.54) is 11.1 Å². The van der Waals surface area contributed by atoms with E-state index in [2.05, 4.69) is 57.7 Å². The third kappa shape index (κ3) is 13.2. The quantitative estimate of drug-likeness (QED) is 0.504. The van der Waals surface area contributed by atoms with E-state index in [0.717, 1.165) is 76.8 Å². The molecule has 2 saturated heterocycles. The number of hydrogen-bond donors (Lipinski definition) is 1. The van der Waals surface area contributed by atoms with Crippen molar-refractivity contribution in [2.45, 2.75) is 34.3 Å². The largest absolute Gasteiger partial charge is 0.384 e. The van der Waals surface area contributed by atoms with E-state index in [4.69, 9.17) is 16.0 Å². The number of rotatable bonds is 4. The van der Waals surface area contributed by atoms with Gasteiger partial charge in [-0.1, -0.05) is 63.3 Å². The van der Waals surface area contributed by atoms with Gasteiger partial charge in [-0.15, -0.1) is 0 Å². The van der Waals surface area contributed by atoms with Gasteiger partial charge in [0, 0.05) is 51.8 Å². The zero-order valence-corrected chi connectivity index (χ0v) is 21.2. The Balaban J connectivity index is 0.000000337. The van der Waals surface area contributed by atoms with Crippen molar-refractivity contribution in [3.05, 3.63) is 70.8 Å². The highest BCUT2D eigenvalue weighted by atomic mass is 16.5. The molecule has 2 aromatic carbocycles. The highest BCUT2D eigenvalue weighted by Gasteiger charge is 2.11. The summed E-state index contributed by atoms with van der Waals surface area (Å²) in [6.45, 7) is 11.4. The zero-order valence-electron chi connectivity index (χ0n) is 22.2. The molecular formula is C31H42N2O4. The second kappa shape index (κ2) is 20.1. The number of nitrogens with zero attached hydrogens (tertiary/aromatic N) is 2. The van der Waals surface area contributed by atoms with Gasteiger partial charge in [-0.2, -0.15) is 0 Å². The van der Waals surface area contributed by atoms with E-state index in [-0.39, 0.29) is 14.0 Å². The van der Waals surface area contributed by atoms with Gasteiger partial charge in [0.15, 0.2) is 6.29 Å². The third-order valence-electron chi connectivity index (χ3n) is 5.51. The molecule has 0 aromatic heterocycles. The Labute approximate surface area is 225 Å². The van der Waals surface area contributed by atoms with Crippen molar-refractivity contribution in [1.29, 1.82) is 0 Å². The molecule has 1 N–H and O–H groups in total. The molecule has 6 nitrogen and oxygen atoms in total. The number of aldehydes is 1. The lowest BCUT2D eigenvalue weighted by atomic mass is 10.1. The first-order chi connectivity index (χ1) is 18.2. The van der Waals surface area contributed by atoms with Crippen LogP contribution < -0.4 is 0 Å². The Morgan fingerprint density at radius 2 is 1.24 bits per heavy atom. The summed E-state index contributed by atoms with van der Waals surface area (Å²) < 4.78 is 16.8. The van der Waals surface area contributed by atoms with Crippen LogP contribution in [0.25, 0.3) is 0 Å².